The van der Waals surface area contributed by atoms with E-state index in [-0.39, 0.29) is 5.03 Å². The normalized spacial score (nSPS) is 10.5. The van der Waals surface area contributed by atoms with Crippen molar-refractivity contribution in [3.8, 4) is 6.07 Å². The highest BCUT2D eigenvalue weighted by atomic mass is 35.5. The molecule has 2 heteroatoms. The lowest BCUT2D eigenvalue weighted by Gasteiger charge is -1.66. The Morgan fingerprint density at radius 3 is 2.50 bits per heavy atom. The molecule has 0 saturated carbocycles. The van der Waals surface area contributed by atoms with Crippen molar-refractivity contribution in [3.05, 3.63) is 11.1 Å². The van der Waals surface area contributed by atoms with E-state index in [1.165, 1.54) is 0 Å². The Morgan fingerprint density at radius 2 is 2.50 bits per heavy atom. The summed E-state index contributed by atoms with van der Waals surface area (Å²) in [4.78, 5) is 0. The van der Waals surface area contributed by atoms with Crippen molar-refractivity contribution >= 4 is 11.6 Å². The van der Waals surface area contributed by atoms with Crippen molar-refractivity contribution in [2.75, 3.05) is 0 Å². The van der Waals surface area contributed by atoms with Gasteiger partial charge in [-0.05, 0) is 6.92 Å². The summed E-state index contributed by atoms with van der Waals surface area (Å²) in [6.07, 6.45) is 1.54. The first-order valence-corrected chi connectivity index (χ1v) is 1.91. The highest BCUT2D eigenvalue weighted by Crippen LogP contribution is 1.94. The zero-order valence-electron chi connectivity index (χ0n) is 3.40. The lowest BCUT2D eigenvalue weighted by Crippen LogP contribution is -1.52. The van der Waals surface area contributed by atoms with E-state index in [0.717, 1.165) is 0 Å². The van der Waals surface area contributed by atoms with Gasteiger partial charge in [-0.15, -0.1) is 0 Å². The minimum absolute atomic E-state index is 0.245. The summed E-state index contributed by atoms with van der Waals surface area (Å²) in [6.45, 7) is 1.71. The van der Waals surface area contributed by atoms with Gasteiger partial charge >= 0.3 is 0 Å². The average Bonchev–Trinajstić information content (AvgIpc) is 1.65. The van der Waals surface area contributed by atoms with Crippen LogP contribution in [0.15, 0.2) is 11.1 Å². The van der Waals surface area contributed by atoms with E-state index < -0.39 is 0 Å². The Hall–Kier alpha value is -0.480. The molecule has 0 aromatic carbocycles. The van der Waals surface area contributed by atoms with Gasteiger partial charge in [0.1, 0.15) is 11.1 Å². The van der Waals surface area contributed by atoms with Gasteiger partial charge in [0.15, 0.2) is 0 Å². The highest BCUT2D eigenvalue weighted by molar-refractivity contribution is 6.31. The first-order chi connectivity index (χ1) is 2.81. The molecule has 6 heavy (non-hydrogen) atoms. The van der Waals surface area contributed by atoms with Gasteiger partial charge in [-0.3, -0.25) is 0 Å². The van der Waals surface area contributed by atoms with Crippen LogP contribution in [0.4, 0.5) is 0 Å². The van der Waals surface area contributed by atoms with E-state index in [1.807, 2.05) is 0 Å². The molecule has 0 heterocycles. The molecule has 0 radical (unpaired) electrons. The standard InChI is InChI=1S/C4H4ClN/c1-2-4(5)3-6/h2H,1H3/b4-2+. The third-order valence-electron chi connectivity index (χ3n) is 0.360. The van der Waals surface area contributed by atoms with Gasteiger partial charge < -0.3 is 0 Å². The van der Waals surface area contributed by atoms with Crippen LogP contribution in [0.3, 0.4) is 0 Å². The van der Waals surface area contributed by atoms with Gasteiger partial charge in [0.05, 0.1) is 0 Å². The molecule has 1 nitrogen and oxygen atoms in total. The van der Waals surface area contributed by atoms with Gasteiger partial charge in [0.25, 0.3) is 0 Å². The second-order valence-corrected chi connectivity index (χ2v) is 1.16. The van der Waals surface area contributed by atoms with Gasteiger partial charge in [0, 0.05) is 0 Å². The first kappa shape index (κ1) is 5.52. The fourth-order valence-electron chi connectivity index (χ4n) is 0.0645. The zero-order chi connectivity index (χ0) is 4.99. The van der Waals surface area contributed by atoms with E-state index in [9.17, 15) is 0 Å². The summed E-state index contributed by atoms with van der Waals surface area (Å²) in [5.74, 6) is 0. The maximum absolute atomic E-state index is 7.88. The molecule has 0 aromatic heterocycles. The SMILES string of the molecule is C/C=C(/Cl)C#N. The van der Waals surface area contributed by atoms with E-state index in [4.69, 9.17) is 16.9 Å². The Kier molecular flexibility index (Phi) is 2.52. The number of rotatable bonds is 0. The maximum Gasteiger partial charge on any atom is 0.114 e. The number of hydrogen-bond donors (Lipinski definition) is 0. The van der Waals surface area contributed by atoms with Crippen LogP contribution in [-0.4, -0.2) is 0 Å². The minimum atomic E-state index is 0.245. The summed E-state index contributed by atoms with van der Waals surface area (Å²) >= 11 is 5.15. The molecule has 0 aliphatic rings. The molecule has 0 saturated heterocycles. The summed E-state index contributed by atoms with van der Waals surface area (Å²) in [5, 5.41) is 8.13. The fraction of sp³-hybridized carbons (Fsp3) is 0.250. The third kappa shape index (κ3) is 1.80. The van der Waals surface area contributed by atoms with Crippen molar-refractivity contribution in [3.63, 3.8) is 0 Å². The second-order valence-electron chi connectivity index (χ2n) is 0.748. The van der Waals surface area contributed by atoms with Crippen LogP contribution in [0.2, 0.25) is 0 Å². The van der Waals surface area contributed by atoms with Crippen LogP contribution in [0.5, 0.6) is 0 Å². The van der Waals surface area contributed by atoms with Crippen molar-refractivity contribution in [2.45, 2.75) is 6.92 Å². The Morgan fingerprint density at radius 1 is 2.00 bits per heavy atom. The van der Waals surface area contributed by atoms with Crippen LogP contribution >= 0.6 is 11.6 Å². The van der Waals surface area contributed by atoms with Crippen molar-refractivity contribution in [1.29, 1.82) is 5.26 Å². The average molecular weight is 102 g/mol. The van der Waals surface area contributed by atoms with Crippen molar-refractivity contribution in [2.24, 2.45) is 0 Å². The smallest absolute Gasteiger partial charge is 0.114 e. The molecule has 0 aliphatic carbocycles. The molecule has 0 unspecified atom stereocenters. The molecule has 0 N–H and O–H groups in total. The monoisotopic (exact) mass is 101 g/mol. The topological polar surface area (TPSA) is 23.8 Å². The largest absolute Gasteiger partial charge is 0.191 e. The summed E-state index contributed by atoms with van der Waals surface area (Å²) in [7, 11) is 0. The molecular formula is C4H4ClN. The molecule has 0 aromatic rings. The van der Waals surface area contributed by atoms with Gasteiger partial charge in [-0.25, -0.2) is 0 Å². The summed E-state index contributed by atoms with van der Waals surface area (Å²) in [5.41, 5.74) is 0. The first-order valence-electron chi connectivity index (χ1n) is 1.53. The minimum Gasteiger partial charge on any atom is -0.191 e. The van der Waals surface area contributed by atoms with E-state index in [0.29, 0.717) is 0 Å². The quantitative estimate of drug-likeness (QED) is 0.426. The number of allylic oxidation sites excluding steroid dienone is 2. The molecule has 0 amide bonds. The van der Waals surface area contributed by atoms with E-state index in [2.05, 4.69) is 0 Å². The number of nitriles is 1. The van der Waals surface area contributed by atoms with Crippen LogP contribution < -0.4 is 0 Å². The summed E-state index contributed by atoms with van der Waals surface area (Å²) < 4.78 is 0. The second kappa shape index (κ2) is 2.74. The van der Waals surface area contributed by atoms with Crippen LogP contribution in [0.1, 0.15) is 6.92 Å². The zero-order valence-corrected chi connectivity index (χ0v) is 4.16. The number of halogens is 1. The molecule has 0 rings (SSSR count). The molecule has 32 valence electrons. The number of nitrogens with zero attached hydrogens (tertiary/aromatic N) is 1. The predicted octanol–water partition coefficient (Wildman–Crippen LogP) is 1.65. The van der Waals surface area contributed by atoms with E-state index in [1.54, 1.807) is 19.1 Å². The van der Waals surface area contributed by atoms with Gasteiger partial charge in [-0.2, -0.15) is 5.26 Å². The van der Waals surface area contributed by atoms with Crippen LogP contribution in [0, 0.1) is 11.3 Å². The summed E-state index contributed by atoms with van der Waals surface area (Å²) in [6, 6.07) is 1.74. The third-order valence-corrected chi connectivity index (χ3v) is 0.663. The van der Waals surface area contributed by atoms with E-state index >= 15 is 0 Å². The molecule has 0 aliphatic heterocycles. The molecule has 0 atom stereocenters. The molecule has 0 bridgehead atoms. The fourth-order valence-corrected chi connectivity index (χ4v) is 0.0645. The van der Waals surface area contributed by atoms with Gasteiger partial charge in [0.2, 0.25) is 0 Å². The highest BCUT2D eigenvalue weighted by Gasteiger charge is 1.75. The number of hydrogen-bond acceptors (Lipinski definition) is 1. The lowest BCUT2D eigenvalue weighted by atomic mass is 10.6. The Bertz CT molecular complexity index is 98.6. The van der Waals surface area contributed by atoms with Crippen molar-refractivity contribution < 1.29 is 0 Å². The Balaban J connectivity index is 3.61. The van der Waals surface area contributed by atoms with Crippen LogP contribution in [0.25, 0.3) is 0 Å². The molecule has 0 fully saturated rings. The predicted molar refractivity (Wildman–Crippen MR) is 25.2 cm³/mol. The van der Waals surface area contributed by atoms with Crippen molar-refractivity contribution in [1.82, 2.24) is 0 Å². The maximum atomic E-state index is 7.88. The lowest BCUT2D eigenvalue weighted by molar-refractivity contribution is 1.51. The molecular weight excluding hydrogens is 97.5 g/mol. The van der Waals surface area contributed by atoms with Gasteiger partial charge in [-0.1, -0.05) is 17.7 Å². The van der Waals surface area contributed by atoms with Crippen LogP contribution in [-0.2, 0) is 0 Å². The Labute approximate surface area is 41.8 Å². The molecule has 0 spiro atoms.